The molecule has 0 radical (unpaired) electrons. The fourth-order valence-electron chi connectivity index (χ4n) is 8.29. The molecule has 0 amide bonds. The second-order valence-corrected chi connectivity index (χ2v) is 14.0. The average molecular weight is 704 g/mol. The molecule has 0 N–H and O–H groups in total. The molecular formula is C52H33NO2. The lowest BCUT2D eigenvalue weighted by molar-refractivity contribution is 0.669. The van der Waals surface area contributed by atoms with Crippen LogP contribution in [0.5, 0.6) is 0 Å². The summed E-state index contributed by atoms with van der Waals surface area (Å²) >= 11 is 0. The quantitative estimate of drug-likeness (QED) is 0.173. The van der Waals surface area contributed by atoms with E-state index >= 15 is 0 Å². The van der Waals surface area contributed by atoms with Crippen molar-refractivity contribution in [3.05, 3.63) is 200 Å². The van der Waals surface area contributed by atoms with Crippen LogP contribution in [0.3, 0.4) is 0 Å². The van der Waals surface area contributed by atoms with Crippen LogP contribution in [-0.2, 0) is 0 Å². The number of hydrogen-bond donors (Lipinski definition) is 0. The molecule has 0 unspecified atom stereocenters. The zero-order valence-electron chi connectivity index (χ0n) is 29.8. The smallest absolute Gasteiger partial charge is 0.160 e. The van der Waals surface area contributed by atoms with Crippen LogP contribution in [0.25, 0.3) is 88.0 Å². The van der Waals surface area contributed by atoms with E-state index in [9.17, 15) is 0 Å². The summed E-state index contributed by atoms with van der Waals surface area (Å²) < 4.78 is 13.3. The maximum Gasteiger partial charge on any atom is 0.160 e. The fraction of sp³-hybridized carbons (Fsp3) is 0. The molecule has 258 valence electrons. The standard InChI is InChI=1S/C52H33NO2/c1-2-12-35(13-3-1)42-32-33-47-45-18-7-9-23-49(45)55-52(47)50(42)53(38-28-24-36(25-29-38)41-19-10-15-34-14-4-5-16-40(34)41)39-30-26-37(27-31-39)43-20-11-21-46-44-17-6-8-22-48(44)54-51(43)46/h1-33H. The third-order valence-electron chi connectivity index (χ3n) is 10.9. The molecule has 0 aliphatic rings. The first-order chi connectivity index (χ1) is 27.3. The topological polar surface area (TPSA) is 29.5 Å². The number of para-hydroxylation sites is 3. The Labute approximate surface area is 317 Å². The zero-order valence-corrected chi connectivity index (χ0v) is 29.8. The Bertz CT molecular complexity index is 3180. The van der Waals surface area contributed by atoms with Crippen molar-refractivity contribution in [1.29, 1.82) is 0 Å². The van der Waals surface area contributed by atoms with E-state index in [4.69, 9.17) is 8.83 Å². The van der Waals surface area contributed by atoms with Gasteiger partial charge in [-0.25, -0.2) is 0 Å². The summed E-state index contributed by atoms with van der Waals surface area (Å²) in [5.41, 5.74) is 13.3. The minimum atomic E-state index is 0.844. The molecule has 0 aliphatic carbocycles. The van der Waals surface area contributed by atoms with Crippen LogP contribution in [0.1, 0.15) is 0 Å². The van der Waals surface area contributed by atoms with E-state index in [-0.39, 0.29) is 0 Å². The summed E-state index contributed by atoms with van der Waals surface area (Å²) in [7, 11) is 0. The highest BCUT2D eigenvalue weighted by Crippen LogP contribution is 2.48. The van der Waals surface area contributed by atoms with E-state index < -0.39 is 0 Å². The Morgan fingerprint density at radius 3 is 1.49 bits per heavy atom. The molecule has 3 heteroatoms. The van der Waals surface area contributed by atoms with Crippen LogP contribution in [0, 0.1) is 0 Å². The molecule has 3 nitrogen and oxygen atoms in total. The summed E-state index contributed by atoms with van der Waals surface area (Å²) in [5.74, 6) is 0. The van der Waals surface area contributed by atoms with E-state index in [1.54, 1.807) is 0 Å². The van der Waals surface area contributed by atoms with Gasteiger partial charge in [-0.2, -0.15) is 0 Å². The molecule has 9 aromatic carbocycles. The third kappa shape index (κ3) is 5.13. The summed E-state index contributed by atoms with van der Waals surface area (Å²) in [4.78, 5) is 2.35. The molecule has 0 atom stereocenters. The molecule has 11 aromatic rings. The Kier molecular flexibility index (Phi) is 7.17. The van der Waals surface area contributed by atoms with Crippen LogP contribution in [-0.4, -0.2) is 0 Å². The SMILES string of the molecule is c1ccc(-c2ccc3c(oc4ccccc43)c2N(c2ccc(-c3cccc4ccccc34)cc2)c2ccc(-c3cccc4c3oc3ccccc34)cc2)cc1. The van der Waals surface area contributed by atoms with Crippen molar-refractivity contribution < 1.29 is 8.83 Å². The van der Waals surface area contributed by atoms with Crippen molar-refractivity contribution in [2.45, 2.75) is 0 Å². The van der Waals surface area contributed by atoms with Crippen molar-refractivity contribution >= 4 is 71.7 Å². The Morgan fingerprint density at radius 1 is 0.291 bits per heavy atom. The van der Waals surface area contributed by atoms with Crippen LogP contribution in [0.4, 0.5) is 17.1 Å². The number of benzene rings is 9. The molecule has 0 spiro atoms. The number of rotatable bonds is 6. The minimum Gasteiger partial charge on any atom is -0.455 e. The van der Waals surface area contributed by atoms with E-state index in [1.807, 2.05) is 18.2 Å². The Hall–Kier alpha value is -7.36. The molecule has 2 heterocycles. The van der Waals surface area contributed by atoms with Crippen molar-refractivity contribution in [2.24, 2.45) is 0 Å². The highest BCUT2D eigenvalue weighted by Gasteiger charge is 2.24. The number of anilines is 3. The number of furan rings is 2. The summed E-state index contributed by atoms with van der Waals surface area (Å²) in [6.07, 6.45) is 0. The van der Waals surface area contributed by atoms with Gasteiger partial charge in [0.15, 0.2) is 5.58 Å². The molecule has 0 fully saturated rings. The van der Waals surface area contributed by atoms with Crippen molar-refractivity contribution in [2.75, 3.05) is 4.90 Å². The predicted octanol–water partition coefficient (Wildman–Crippen LogP) is 15.1. The number of hydrogen-bond acceptors (Lipinski definition) is 3. The highest BCUT2D eigenvalue weighted by atomic mass is 16.3. The summed E-state index contributed by atoms with van der Waals surface area (Å²) in [5, 5.41) is 6.89. The molecule has 0 saturated heterocycles. The Morgan fingerprint density at radius 2 is 0.782 bits per heavy atom. The molecule has 11 rings (SSSR count). The van der Waals surface area contributed by atoms with Gasteiger partial charge in [-0.05, 0) is 75.5 Å². The van der Waals surface area contributed by atoms with Crippen LogP contribution >= 0.6 is 0 Å². The van der Waals surface area contributed by atoms with Crippen molar-refractivity contribution in [3.8, 4) is 33.4 Å². The second-order valence-electron chi connectivity index (χ2n) is 14.0. The van der Waals surface area contributed by atoms with Gasteiger partial charge in [0.05, 0.1) is 5.69 Å². The van der Waals surface area contributed by atoms with E-state index in [0.717, 1.165) is 83.2 Å². The lowest BCUT2D eigenvalue weighted by Gasteiger charge is -2.28. The third-order valence-corrected chi connectivity index (χ3v) is 10.9. The van der Waals surface area contributed by atoms with Gasteiger partial charge in [-0.3, -0.25) is 0 Å². The molecule has 0 bridgehead atoms. The first-order valence-corrected chi connectivity index (χ1v) is 18.7. The van der Waals surface area contributed by atoms with Crippen LogP contribution < -0.4 is 4.90 Å². The maximum absolute atomic E-state index is 6.83. The van der Waals surface area contributed by atoms with Crippen molar-refractivity contribution in [1.82, 2.24) is 0 Å². The molecule has 2 aromatic heterocycles. The minimum absolute atomic E-state index is 0.844. The van der Waals surface area contributed by atoms with Gasteiger partial charge in [-0.1, -0.05) is 158 Å². The van der Waals surface area contributed by atoms with Gasteiger partial charge < -0.3 is 13.7 Å². The predicted molar refractivity (Wildman–Crippen MR) is 229 cm³/mol. The van der Waals surface area contributed by atoms with Gasteiger partial charge in [-0.15, -0.1) is 0 Å². The first kappa shape index (κ1) is 31.2. The number of fused-ring (bicyclic) bond motifs is 7. The lowest BCUT2D eigenvalue weighted by atomic mass is 9.97. The highest BCUT2D eigenvalue weighted by molar-refractivity contribution is 6.14. The normalized spacial score (nSPS) is 11.6. The Balaban J connectivity index is 1.13. The van der Waals surface area contributed by atoms with Gasteiger partial charge in [0.1, 0.15) is 16.7 Å². The van der Waals surface area contributed by atoms with Gasteiger partial charge >= 0.3 is 0 Å². The average Bonchev–Trinajstić information content (AvgIpc) is 3.83. The van der Waals surface area contributed by atoms with Crippen molar-refractivity contribution in [3.63, 3.8) is 0 Å². The van der Waals surface area contributed by atoms with Crippen LogP contribution in [0.15, 0.2) is 209 Å². The molecule has 0 aliphatic heterocycles. The van der Waals surface area contributed by atoms with Crippen LogP contribution in [0.2, 0.25) is 0 Å². The fourth-order valence-corrected chi connectivity index (χ4v) is 8.29. The number of nitrogens with zero attached hydrogens (tertiary/aromatic N) is 1. The molecule has 0 saturated carbocycles. The maximum atomic E-state index is 6.83. The summed E-state index contributed by atoms with van der Waals surface area (Å²) in [6, 6.07) is 70.9. The lowest BCUT2D eigenvalue weighted by Crippen LogP contribution is -2.11. The largest absolute Gasteiger partial charge is 0.455 e. The monoisotopic (exact) mass is 703 g/mol. The van der Waals surface area contributed by atoms with Gasteiger partial charge in [0, 0.05) is 44.0 Å². The molecular weight excluding hydrogens is 671 g/mol. The second kappa shape index (κ2) is 12.6. The van der Waals surface area contributed by atoms with Gasteiger partial charge in [0.2, 0.25) is 0 Å². The summed E-state index contributed by atoms with van der Waals surface area (Å²) in [6.45, 7) is 0. The molecule has 55 heavy (non-hydrogen) atoms. The van der Waals surface area contributed by atoms with Gasteiger partial charge in [0.25, 0.3) is 0 Å². The van der Waals surface area contributed by atoms with E-state index in [1.165, 1.54) is 21.9 Å². The first-order valence-electron chi connectivity index (χ1n) is 18.7. The zero-order chi connectivity index (χ0) is 36.3. The van der Waals surface area contributed by atoms with E-state index in [2.05, 4.69) is 187 Å². The van der Waals surface area contributed by atoms with E-state index in [0.29, 0.717) is 0 Å².